The molecule has 0 saturated carbocycles. The van der Waals surface area contributed by atoms with Gasteiger partial charge in [0.05, 0.1) is 0 Å². The first-order chi connectivity index (χ1) is 6.59. The molecule has 1 rings (SSSR count). The number of pyridine rings is 1. The lowest BCUT2D eigenvalue weighted by molar-refractivity contribution is 0.424. The van der Waals surface area contributed by atoms with E-state index in [1.54, 1.807) is 6.20 Å². The molecule has 0 atom stereocenters. The topological polar surface area (TPSA) is 28.2 Å². The van der Waals surface area contributed by atoms with Crippen LogP contribution >= 0.6 is 15.9 Å². The Morgan fingerprint density at radius 2 is 2.29 bits per heavy atom. The van der Waals surface area contributed by atoms with Crippen LogP contribution in [-0.4, -0.2) is 37.1 Å². The van der Waals surface area contributed by atoms with Crippen LogP contribution < -0.4 is 5.32 Å². The predicted octanol–water partition coefficient (Wildman–Crippen LogP) is 1.96. The zero-order valence-electron chi connectivity index (χ0n) is 8.22. The summed E-state index contributed by atoms with van der Waals surface area (Å²) in [6, 6.07) is 1.39. The molecule has 0 aliphatic carbocycles. The molecule has 0 aromatic carbocycles. The van der Waals surface area contributed by atoms with Crippen LogP contribution in [0.4, 0.5) is 10.2 Å². The van der Waals surface area contributed by atoms with E-state index in [4.69, 9.17) is 0 Å². The maximum Gasteiger partial charge on any atom is 0.166 e. The minimum atomic E-state index is -0.335. The lowest BCUT2D eigenvalue weighted by Crippen LogP contribution is -2.21. The summed E-state index contributed by atoms with van der Waals surface area (Å²) in [7, 11) is 3.93. The third-order valence-electron chi connectivity index (χ3n) is 1.66. The van der Waals surface area contributed by atoms with Gasteiger partial charge >= 0.3 is 0 Å². The second-order valence-electron chi connectivity index (χ2n) is 3.21. The van der Waals surface area contributed by atoms with Crippen molar-refractivity contribution in [2.45, 2.75) is 0 Å². The standard InChI is InChI=1S/C9H13BrFN3/c1-14(2)4-3-12-9-8(11)5-7(10)6-13-9/h5-6H,3-4H2,1-2H3,(H,12,13). The van der Waals surface area contributed by atoms with Crippen molar-refractivity contribution in [2.75, 3.05) is 32.5 Å². The van der Waals surface area contributed by atoms with Gasteiger partial charge in [-0.15, -0.1) is 0 Å². The maximum absolute atomic E-state index is 13.2. The van der Waals surface area contributed by atoms with Crippen LogP contribution in [0.15, 0.2) is 16.7 Å². The molecule has 14 heavy (non-hydrogen) atoms. The summed E-state index contributed by atoms with van der Waals surface area (Å²) < 4.78 is 13.9. The first-order valence-corrected chi connectivity index (χ1v) is 5.08. The van der Waals surface area contributed by atoms with E-state index in [-0.39, 0.29) is 5.82 Å². The van der Waals surface area contributed by atoms with Gasteiger partial charge in [0.1, 0.15) is 0 Å². The molecule has 1 N–H and O–H groups in total. The molecule has 1 aromatic rings. The normalized spacial score (nSPS) is 10.6. The molecule has 1 aromatic heterocycles. The molecule has 78 valence electrons. The number of anilines is 1. The second kappa shape index (κ2) is 5.26. The zero-order valence-corrected chi connectivity index (χ0v) is 9.81. The Morgan fingerprint density at radius 3 is 2.86 bits per heavy atom. The summed E-state index contributed by atoms with van der Waals surface area (Å²) >= 11 is 3.15. The Hall–Kier alpha value is -0.680. The molecule has 0 fully saturated rings. The van der Waals surface area contributed by atoms with E-state index in [1.165, 1.54) is 6.07 Å². The maximum atomic E-state index is 13.2. The van der Waals surface area contributed by atoms with Crippen LogP contribution in [-0.2, 0) is 0 Å². The molecule has 0 amide bonds. The van der Waals surface area contributed by atoms with Gasteiger partial charge in [0, 0.05) is 23.8 Å². The number of nitrogens with one attached hydrogen (secondary N) is 1. The smallest absolute Gasteiger partial charge is 0.166 e. The van der Waals surface area contributed by atoms with Gasteiger partial charge in [-0.05, 0) is 36.1 Å². The Balaban J connectivity index is 2.51. The van der Waals surface area contributed by atoms with Crippen molar-refractivity contribution in [1.29, 1.82) is 0 Å². The number of likely N-dealkylation sites (N-methyl/N-ethyl adjacent to an activating group) is 1. The van der Waals surface area contributed by atoms with Gasteiger partial charge < -0.3 is 10.2 Å². The van der Waals surface area contributed by atoms with Crippen molar-refractivity contribution in [3.05, 3.63) is 22.6 Å². The summed E-state index contributed by atoms with van der Waals surface area (Å²) in [5, 5.41) is 2.92. The lowest BCUT2D eigenvalue weighted by Gasteiger charge is -2.11. The minimum Gasteiger partial charge on any atom is -0.366 e. The molecule has 0 spiro atoms. The fourth-order valence-electron chi connectivity index (χ4n) is 0.943. The average molecular weight is 262 g/mol. The molecule has 0 bridgehead atoms. The highest BCUT2D eigenvalue weighted by atomic mass is 79.9. The van der Waals surface area contributed by atoms with Crippen molar-refractivity contribution in [3.8, 4) is 0 Å². The molecule has 0 saturated heterocycles. The monoisotopic (exact) mass is 261 g/mol. The third-order valence-corrected chi connectivity index (χ3v) is 2.09. The fraction of sp³-hybridized carbons (Fsp3) is 0.444. The molecule has 0 unspecified atom stereocenters. The van der Waals surface area contributed by atoms with Crippen LogP contribution in [0.5, 0.6) is 0 Å². The SMILES string of the molecule is CN(C)CCNc1ncc(Br)cc1F. The van der Waals surface area contributed by atoms with Gasteiger partial charge in [0.2, 0.25) is 0 Å². The molecule has 1 heterocycles. The van der Waals surface area contributed by atoms with E-state index in [0.29, 0.717) is 16.8 Å². The van der Waals surface area contributed by atoms with Gasteiger partial charge in [-0.1, -0.05) is 0 Å². The van der Waals surface area contributed by atoms with E-state index in [9.17, 15) is 4.39 Å². The second-order valence-corrected chi connectivity index (χ2v) is 4.13. The Bertz CT molecular complexity index is 304. The van der Waals surface area contributed by atoms with Gasteiger partial charge in [0.15, 0.2) is 11.6 Å². The van der Waals surface area contributed by atoms with E-state index < -0.39 is 0 Å². The van der Waals surface area contributed by atoms with Crippen molar-refractivity contribution >= 4 is 21.7 Å². The Morgan fingerprint density at radius 1 is 1.57 bits per heavy atom. The van der Waals surface area contributed by atoms with Crippen LogP contribution in [0, 0.1) is 5.82 Å². The third kappa shape index (κ3) is 3.59. The molecule has 3 nitrogen and oxygen atoms in total. The summed E-state index contributed by atoms with van der Waals surface area (Å²) in [6.45, 7) is 1.52. The van der Waals surface area contributed by atoms with Crippen molar-refractivity contribution < 1.29 is 4.39 Å². The van der Waals surface area contributed by atoms with E-state index in [0.717, 1.165) is 6.54 Å². The van der Waals surface area contributed by atoms with E-state index in [2.05, 4.69) is 26.2 Å². The van der Waals surface area contributed by atoms with Crippen LogP contribution in [0.3, 0.4) is 0 Å². The van der Waals surface area contributed by atoms with Gasteiger partial charge in [-0.3, -0.25) is 0 Å². The van der Waals surface area contributed by atoms with E-state index >= 15 is 0 Å². The molecule has 5 heteroatoms. The number of nitrogens with zero attached hydrogens (tertiary/aromatic N) is 2. The summed E-state index contributed by atoms with van der Waals surface area (Å²) in [5.74, 6) is -0.0341. The minimum absolute atomic E-state index is 0.301. The molecule has 0 aliphatic heterocycles. The molecular weight excluding hydrogens is 249 g/mol. The highest BCUT2D eigenvalue weighted by Crippen LogP contribution is 2.15. The molecule has 0 radical (unpaired) electrons. The molecular formula is C9H13BrFN3. The number of rotatable bonds is 4. The highest BCUT2D eigenvalue weighted by Gasteiger charge is 2.02. The summed E-state index contributed by atoms with van der Waals surface area (Å²) in [5.41, 5.74) is 0. The number of halogens is 2. The largest absolute Gasteiger partial charge is 0.366 e. The predicted molar refractivity (Wildman–Crippen MR) is 58.9 cm³/mol. The van der Waals surface area contributed by atoms with Crippen molar-refractivity contribution in [1.82, 2.24) is 9.88 Å². The highest BCUT2D eigenvalue weighted by molar-refractivity contribution is 9.10. The van der Waals surface area contributed by atoms with Gasteiger partial charge in [-0.2, -0.15) is 0 Å². The molecule has 0 aliphatic rings. The van der Waals surface area contributed by atoms with Gasteiger partial charge in [-0.25, -0.2) is 9.37 Å². The van der Waals surface area contributed by atoms with Crippen molar-refractivity contribution in [3.63, 3.8) is 0 Å². The Kier molecular flexibility index (Phi) is 4.28. The summed E-state index contributed by atoms with van der Waals surface area (Å²) in [6.07, 6.45) is 1.57. The number of aromatic nitrogens is 1. The zero-order chi connectivity index (χ0) is 10.6. The van der Waals surface area contributed by atoms with Crippen LogP contribution in [0.25, 0.3) is 0 Å². The number of hydrogen-bond acceptors (Lipinski definition) is 3. The van der Waals surface area contributed by atoms with Crippen LogP contribution in [0.1, 0.15) is 0 Å². The average Bonchev–Trinajstić information content (AvgIpc) is 2.08. The first-order valence-electron chi connectivity index (χ1n) is 4.29. The number of hydrogen-bond donors (Lipinski definition) is 1. The quantitative estimate of drug-likeness (QED) is 0.899. The van der Waals surface area contributed by atoms with E-state index in [1.807, 2.05) is 19.0 Å². The van der Waals surface area contributed by atoms with Gasteiger partial charge in [0.25, 0.3) is 0 Å². The fourth-order valence-corrected chi connectivity index (χ4v) is 1.25. The van der Waals surface area contributed by atoms with Crippen LogP contribution in [0.2, 0.25) is 0 Å². The summed E-state index contributed by atoms with van der Waals surface area (Å²) in [4.78, 5) is 5.94. The lowest BCUT2D eigenvalue weighted by atomic mass is 10.4. The van der Waals surface area contributed by atoms with Crippen molar-refractivity contribution in [2.24, 2.45) is 0 Å². The first kappa shape index (κ1) is 11.4. The Labute approximate surface area is 91.5 Å².